The number of nitrogens with zero attached hydrogens (tertiary/aromatic N) is 1. The molecule has 0 spiro atoms. The van der Waals surface area contributed by atoms with E-state index in [1.807, 2.05) is 0 Å². The van der Waals surface area contributed by atoms with E-state index in [9.17, 15) is 0 Å². The Hall–Kier alpha value is -0.120. The lowest BCUT2D eigenvalue weighted by atomic mass is 10.0. The molecule has 0 aromatic rings. The van der Waals surface area contributed by atoms with Crippen LogP contribution in [-0.2, 0) is 0 Å². The zero-order chi connectivity index (χ0) is 10.5. The van der Waals surface area contributed by atoms with E-state index in [0.29, 0.717) is 0 Å². The van der Waals surface area contributed by atoms with Crippen molar-refractivity contribution in [2.75, 3.05) is 39.3 Å². The lowest BCUT2D eigenvalue weighted by Gasteiger charge is -2.30. The van der Waals surface area contributed by atoms with Gasteiger partial charge in [0.05, 0.1) is 0 Å². The van der Waals surface area contributed by atoms with Gasteiger partial charge in [-0.05, 0) is 31.8 Å². The van der Waals surface area contributed by atoms with E-state index in [4.69, 9.17) is 0 Å². The minimum atomic E-state index is 0.754. The van der Waals surface area contributed by atoms with E-state index in [0.717, 1.165) is 18.5 Å². The number of nitrogens with one attached hydrogen (secondary N) is 2. The van der Waals surface area contributed by atoms with Crippen molar-refractivity contribution in [3.8, 4) is 0 Å². The second-order valence-electron chi connectivity index (χ2n) is 5.22. The van der Waals surface area contributed by atoms with Gasteiger partial charge in [0.25, 0.3) is 0 Å². The van der Waals surface area contributed by atoms with Crippen LogP contribution in [0.25, 0.3) is 0 Å². The van der Waals surface area contributed by atoms with Gasteiger partial charge in [0.2, 0.25) is 0 Å². The van der Waals surface area contributed by atoms with Crippen molar-refractivity contribution in [2.24, 2.45) is 5.92 Å². The molecule has 2 aliphatic rings. The summed E-state index contributed by atoms with van der Waals surface area (Å²) in [4.78, 5) is 2.63. The SMILES string of the molecule is CC1CNCCN(CC2CCCCN2)C1. The molecule has 2 saturated heterocycles. The van der Waals surface area contributed by atoms with Crippen LogP contribution >= 0.6 is 0 Å². The van der Waals surface area contributed by atoms with Gasteiger partial charge in [-0.25, -0.2) is 0 Å². The van der Waals surface area contributed by atoms with Crippen LogP contribution in [0.3, 0.4) is 0 Å². The molecule has 88 valence electrons. The molecule has 3 heteroatoms. The molecule has 2 atom stereocenters. The number of rotatable bonds is 2. The van der Waals surface area contributed by atoms with Gasteiger partial charge in [-0.2, -0.15) is 0 Å². The van der Waals surface area contributed by atoms with E-state index < -0.39 is 0 Å². The van der Waals surface area contributed by atoms with E-state index in [1.54, 1.807) is 0 Å². The molecule has 0 radical (unpaired) electrons. The first-order valence-electron chi connectivity index (χ1n) is 6.51. The summed E-state index contributed by atoms with van der Waals surface area (Å²) in [7, 11) is 0. The van der Waals surface area contributed by atoms with Crippen molar-refractivity contribution in [3.05, 3.63) is 0 Å². The first-order chi connectivity index (χ1) is 7.34. The second-order valence-corrected chi connectivity index (χ2v) is 5.22. The van der Waals surface area contributed by atoms with Crippen LogP contribution in [0.5, 0.6) is 0 Å². The van der Waals surface area contributed by atoms with Crippen LogP contribution in [0.4, 0.5) is 0 Å². The molecular formula is C12H25N3. The van der Waals surface area contributed by atoms with Crippen LogP contribution < -0.4 is 10.6 Å². The molecule has 0 aliphatic carbocycles. The van der Waals surface area contributed by atoms with Gasteiger partial charge in [-0.1, -0.05) is 13.3 Å². The molecule has 2 unspecified atom stereocenters. The van der Waals surface area contributed by atoms with Gasteiger partial charge >= 0.3 is 0 Å². The third-order valence-corrected chi connectivity index (χ3v) is 3.56. The van der Waals surface area contributed by atoms with E-state index in [1.165, 1.54) is 52.0 Å². The molecule has 0 amide bonds. The summed E-state index contributed by atoms with van der Waals surface area (Å²) in [5, 5.41) is 7.14. The predicted molar refractivity (Wildman–Crippen MR) is 64.1 cm³/mol. The van der Waals surface area contributed by atoms with Crippen LogP contribution in [0.15, 0.2) is 0 Å². The zero-order valence-corrected chi connectivity index (χ0v) is 9.97. The standard InChI is InChI=1S/C12H25N3/c1-11-8-13-6-7-15(9-11)10-12-4-2-3-5-14-12/h11-14H,2-10H2,1H3. The van der Waals surface area contributed by atoms with Gasteiger partial charge < -0.3 is 15.5 Å². The summed E-state index contributed by atoms with van der Waals surface area (Å²) in [6, 6.07) is 0.754. The summed E-state index contributed by atoms with van der Waals surface area (Å²) in [5.74, 6) is 0.802. The van der Waals surface area contributed by atoms with E-state index in [-0.39, 0.29) is 0 Å². The Balaban J connectivity index is 1.76. The fourth-order valence-corrected chi connectivity index (χ4v) is 2.74. The normalized spacial score (nSPS) is 35.0. The highest BCUT2D eigenvalue weighted by Crippen LogP contribution is 2.10. The smallest absolute Gasteiger partial charge is 0.0195 e. The highest BCUT2D eigenvalue weighted by Gasteiger charge is 2.19. The summed E-state index contributed by atoms with van der Waals surface area (Å²) >= 11 is 0. The molecule has 2 rings (SSSR count). The maximum atomic E-state index is 3.64. The minimum Gasteiger partial charge on any atom is -0.315 e. The molecule has 0 aromatic heterocycles. The van der Waals surface area contributed by atoms with Crippen molar-refractivity contribution >= 4 is 0 Å². The van der Waals surface area contributed by atoms with Crippen molar-refractivity contribution in [1.82, 2.24) is 15.5 Å². The molecule has 0 bridgehead atoms. The van der Waals surface area contributed by atoms with Gasteiger partial charge in [0, 0.05) is 32.2 Å². The van der Waals surface area contributed by atoms with Gasteiger partial charge in [-0.3, -0.25) is 0 Å². The van der Waals surface area contributed by atoms with E-state index in [2.05, 4.69) is 22.5 Å². The Morgan fingerprint density at radius 2 is 2.20 bits per heavy atom. The molecule has 2 aliphatic heterocycles. The van der Waals surface area contributed by atoms with Crippen molar-refractivity contribution in [2.45, 2.75) is 32.2 Å². The first kappa shape index (κ1) is 11.4. The molecule has 2 N–H and O–H groups in total. The van der Waals surface area contributed by atoms with Crippen LogP contribution in [-0.4, -0.2) is 50.2 Å². The zero-order valence-electron chi connectivity index (χ0n) is 9.97. The van der Waals surface area contributed by atoms with Crippen LogP contribution in [0.2, 0.25) is 0 Å². The molecule has 15 heavy (non-hydrogen) atoms. The van der Waals surface area contributed by atoms with Gasteiger partial charge in [0.1, 0.15) is 0 Å². The summed E-state index contributed by atoms with van der Waals surface area (Å²) < 4.78 is 0. The Morgan fingerprint density at radius 1 is 1.27 bits per heavy atom. The monoisotopic (exact) mass is 211 g/mol. The maximum Gasteiger partial charge on any atom is 0.0195 e. The largest absolute Gasteiger partial charge is 0.315 e. The highest BCUT2D eigenvalue weighted by atomic mass is 15.2. The molecule has 0 aromatic carbocycles. The highest BCUT2D eigenvalue weighted by molar-refractivity contribution is 4.79. The van der Waals surface area contributed by atoms with Crippen LogP contribution in [0.1, 0.15) is 26.2 Å². The Morgan fingerprint density at radius 3 is 3.00 bits per heavy atom. The average Bonchev–Trinajstić information content (AvgIpc) is 2.44. The number of hydrogen-bond donors (Lipinski definition) is 2. The quantitative estimate of drug-likeness (QED) is 0.703. The number of piperidine rings is 1. The lowest BCUT2D eigenvalue weighted by Crippen LogP contribution is -2.45. The summed E-state index contributed by atoms with van der Waals surface area (Å²) in [6.45, 7) is 9.68. The molecule has 2 heterocycles. The lowest BCUT2D eigenvalue weighted by molar-refractivity contribution is 0.218. The molecule has 0 saturated carbocycles. The van der Waals surface area contributed by atoms with Crippen LogP contribution in [0, 0.1) is 5.92 Å². The summed E-state index contributed by atoms with van der Waals surface area (Å²) in [5.41, 5.74) is 0. The Bertz CT molecular complexity index is 178. The van der Waals surface area contributed by atoms with Gasteiger partial charge in [0.15, 0.2) is 0 Å². The first-order valence-corrected chi connectivity index (χ1v) is 6.51. The average molecular weight is 211 g/mol. The topological polar surface area (TPSA) is 27.3 Å². The Kier molecular flexibility index (Phi) is 4.42. The van der Waals surface area contributed by atoms with Crippen molar-refractivity contribution < 1.29 is 0 Å². The Labute approximate surface area is 93.6 Å². The molecular weight excluding hydrogens is 186 g/mol. The third-order valence-electron chi connectivity index (χ3n) is 3.56. The van der Waals surface area contributed by atoms with E-state index >= 15 is 0 Å². The maximum absolute atomic E-state index is 3.64. The molecule has 2 fully saturated rings. The van der Waals surface area contributed by atoms with Crippen molar-refractivity contribution in [1.29, 1.82) is 0 Å². The number of hydrogen-bond acceptors (Lipinski definition) is 3. The third kappa shape index (κ3) is 3.74. The minimum absolute atomic E-state index is 0.754. The van der Waals surface area contributed by atoms with Gasteiger partial charge in [-0.15, -0.1) is 0 Å². The van der Waals surface area contributed by atoms with Crippen molar-refractivity contribution in [3.63, 3.8) is 0 Å². The second kappa shape index (κ2) is 5.83. The molecule has 3 nitrogen and oxygen atoms in total. The summed E-state index contributed by atoms with van der Waals surface area (Å²) in [6.07, 6.45) is 4.16. The fourth-order valence-electron chi connectivity index (χ4n) is 2.74. The fraction of sp³-hybridized carbons (Fsp3) is 1.00. The predicted octanol–water partition coefficient (Wildman–Crippen LogP) is 0.670.